The van der Waals surface area contributed by atoms with E-state index in [-0.39, 0.29) is 0 Å². The van der Waals surface area contributed by atoms with Gasteiger partial charge in [0.05, 0.1) is 13.7 Å². The fourth-order valence-corrected chi connectivity index (χ4v) is 1.80. The van der Waals surface area contributed by atoms with Crippen molar-refractivity contribution in [2.24, 2.45) is 0 Å². The van der Waals surface area contributed by atoms with E-state index in [2.05, 4.69) is 21.5 Å². The Hall–Kier alpha value is -2.30. The van der Waals surface area contributed by atoms with Crippen LogP contribution >= 0.6 is 0 Å². The van der Waals surface area contributed by atoms with Crippen molar-refractivity contribution in [1.82, 2.24) is 14.8 Å². The zero-order chi connectivity index (χ0) is 11.7. The zero-order valence-corrected chi connectivity index (χ0v) is 9.42. The van der Waals surface area contributed by atoms with E-state index in [0.717, 1.165) is 29.5 Å². The van der Waals surface area contributed by atoms with Crippen LogP contribution in [0.5, 0.6) is 5.75 Å². The van der Waals surface area contributed by atoms with Crippen LogP contribution in [0.25, 0.3) is 5.70 Å². The van der Waals surface area contributed by atoms with Gasteiger partial charge in [-0.15, -0.1) is 0 Å². The van der Waals surface area contributed by atoms with E-state index in [9.17, 15) is 0 Å². The lowest BCUT2D eigenvalue weighted by Gasteiger charge is -2.16. The molecule has 0 amide bonds. The summed E-state index contributed by atoms with van der Waals surface area (Å²) in [7, 11) is 1.66. The van der Waals surface area contributed by atoms with E-state index in [1.165, 1.54) is 0 Å². The van der Waals surface area contributed by atoms with Crippen molar-refractivity contribution in [1.29, 1.82) is 0 Å². The van der Waals surface area contributed by atoms with E-state index in [4.69, 9.17) is 4.74 Å². The predicted octanol–water partition coefficient (Wildman–Crippen LogP) is 1.75. The van der Waals surface area contributed by atoms with Gasteiger partial charge in [0.1, 0.15) is 12.1 Å². The number of allylic oxidation sites excluding steroid dienone is 1. The number of fused-ring (bicyclic) bond motifs is 1. The predicted molar refractivity (Wildman–Crippen MR) is 64.6 cm³/mol. The highest BCUT2D eigenvalue weighted by atomic mass is 16.5. The third-order valence-corrected chi connectivity index (χ3v) is 2.73. The van der Waals surface area contributed by atoms with E-state index >= 15 is 0 Å². The summed E-state index contributed by atoms with van der Waals surface area (Å²) in [6.45, 7) is 0.740. The van der Waals surface area contributed by atoms with Gasteiger partial charge >= 0.3 is 0 Å². The topological polar surface area (TPSA) is 52.0 Å². The Bertz CT molecular complexity index is 556. The van der Waals surface area contributed by atoms with Gasteiger partial charge in [0.2, 0.25) is 5.95 Å². The van der Waals surface area contributed by atoms with Crippen molar-refractivity contribution >= 4 is 11.6 Å². The van der Waals surface area contributed by atoms with Gasteiger partial charge in [-0.25, -0.2) is 4.68 Å². The first-order valence-corrected chi connectivity index (χ1v) is 5.36. The Balaban J connectivity index is 1.87. The fraction of sp³-hybridized carbons (Fsp3) is 0.167. The second-order valence-corrected chi connectivity index (χ2v) is 3.74. The Morgan fingerprint density at radius 1 is 1.29 bits per heavy atom. The molecule has 0 saturated heterocycles. The summed E-state index contributed by atoms with van der Waals surface area (Å²) in [6.07, 6.45) is 3.64. The molecule has 0 spiro atoms. The van der Waals surface area contributed by atoms with Gasteiger partial charge in [-0.05, 0) is 35.9 Å². The van der Waals surface area contributed by atoms with E-state index in [1.807, 2.05) is 28.9 Å². The number of ether oxygens (including phenoxy) is 1. The van der Waals surface area contributed by atoms with Crippen molar-refractivity contribution < 1.29 is 4.74 Å². The molecule has 1 aliphatic heterocycles. The summed E-state index contributed by atoms with van der Waals surface area (Å²) in [6, 6.07) is 7.92. The standard InChI is InChI=1S/C12H12N4O/c1-17-10-4-2-9(3-5-10)11-6-7-16-12(15-11)13-8-14-16/h2-6,8H,7H2,1H3,(H,13,14,15). The van der Waals surface area contributed by atoms with Crippen LogP contribution in [0, 0.1) is 0 Å². The molecule has 0 fully saturated rings. The van der Waals surface area contributed by atoms with Crippen LogP contribution in [0.4, 0.5) is 5.95 Å². The Morgan fingerprint density at radius 3 is 2.88 bits per heavy atom. The average Bonchev–Trinajstić information content (AvgIpc) is 2.86. The average molecular weight is 228 g/mol. The van der Waals surface area contributed by atoms with Gasteiger partial charge in [-0.2, -0.15) is 10.1 Å². The Morgan fingerprint density at radius 2 is 2.12 bits per heavy atom. The number of rotatable bonds is 2. The van der Waals surface area contributed by atoms with Crippen molar-refractivity contribution in [3.05, 3.63) is 42.2 Å². The van der Waals surface area contributed by atoms with E-state index in [1.54, 1.807) is 13.4 Å². The monoisotopic (exact) mass is 228 g/mol. The molecule has 86 valence electrons. The van der Waals surface area contributed by atoms with Crippen LogP contribution in [0.15, 0.2) is 36.7 Å². The fourth-order valence-electron chi connectivity index (χ4n) is 1.80. The molecule has 0 unspecified atom stereocenters. The number of hydrogen-bond acceptors (Lipinski definition) is 4. The largest absolute Gasteiger partial charge is 0.497 e. The van der Waals surface area contributed by atoms with Crippen molar-refractivity contribution in [3.63, 3.8) is 0 Å². The third-order valence-electron chi connectivity index (χ3n) is 2.73. The van der Waals surface area contributed by atoms with Crippen LogP contribution in [0.2, 0.25) is 0 Å². The van der Waals surface area contributed by atoms with Gasteiger partial charge in [0.15, 0.2) is 0 Å². The molecule has 1 aromatic heterocycles. The zero-order valence-electron chi connectivity index (χ0n) is 9.42. The molecule has 0 atom stereocenters. The quantitative estimate of drug-likeness (QED) is 0.850. The van der Waals surface area contributed by atoms with Crippen LogP contribution in [0.1, 0.15) is 5.56 Å². The number of benzene rings is 1. The second kappa shape index (κ2) is 3.93. The first-order chi connectivity index (χ1) is 8.36. The van der Waals surface area contributed by atoms with Crippen molar-refractivity contribution in [3.8, 4) is 5.75 Å². The molecule has 1 aliphatic rings. The van der Waals surface area contributed by atoms with Crippen molar-refractivity contribution in [2.45, 2.75) is 6.54 Å². The maximum Gasteiger partial charge on any atom is 0.225 e. The van der Waals surface area contributed by atoms with Gasteiger partial charge in [0.25, 0.3) is 0 Å². The number of aromatic nitrogens is 3. The first-order valence-electron chi connectivity index (χ1n) is 5.36. The molecule has 17 heavy (non-hydrogen) atoms. The maximum absolute atomic E-state index is 5.13. The molecule has 5 heteroatoms. The molecule has 0 bridgehead atoms. The summed E-state index contributed by atoms with van der Waals surface area (Å²) in [5, 5.41) is 7.33. The molecule has 3 rings (SSSR count). The minimum absolute atomic E-state index is 0.740. The highest BCUT2D eigenvalue weighted by Gasteiger charge is 2.12. The smallest absolute Gasteiger partial charge is 0.225 e. The lowest BCUT2D eigenvalue weighted by molar-refractivity contribution is 0.415. The Kier molecular flexibility index (Phi) is 2.29. The van der Waals surface area contributed by atoms with Crippen LogP contribution in [-0.2, 0) is 6.54 Å². The second-order valence-electron chi connectivity index (χ2n) is 3.74. The number of methoxy groups -OCH3 is 1. The normalized spacial score (nSPS) is 13.6. The van der Waals surface area contributed by atoms with Crippen LogP contribution in [-0.4, -0.2) is 21.9 Å². The summed E-state index contributed by atoms with van der Waals surface area (Å²) in [5.74, 6) is 1.63. The number of nitrogens with one attached hydrogen (secondary N) is 1. The van der Waals surface area contributed by atoms with Crippen LogP contribution < -0.4 is 10.1 Å². The lowest BCUT2D eigenvalue weighted by Crippen LogP contribution is -2.13. The Labute approximate surface area is 98.7 Å². The minimum Gasteiger partial charge on any atom is -0.497 e. The third kappa shape index (κ3) is 1.75. The summed E-state index contributed by atoms with van der Waals surface area (Å²) >= 11 is 0. The molecule has 1 N–H and O–H groups in total. The summed E-state index contributed by atoms with van der Waals surface area (Å²) < 4.78 is 6.95. The molecule has 0 aliphatic carbocycles. The number of nitrogens with zero attached hydrogens (tertiary/aromatic N) is 3. The van der Waals surface area contributed by atoms with Crippen LogP contribution in [0.3, 0.4) is 0 Å². The van der Waals surface area contributed by atoms with E-state index in [0.29, 0.717) is 0 Å². The number of anilines is 1. The molecule has 5 nitrogen and oxygen atoms in total. The van der Waals surface area contributed by atoms with E-state index < -0.39 is 0 Å². The summed E-state index contributed by atoms with van der Waals surface area (Å²) in [5.41, 5.74) is 2.16. The molecule has 2 aromatic rings. The highest BCUT2D eigenvalue weighted by molar-refractivity contribution is 5.75. The highest BCUT2D eigenvalue weighted by Crippen LogP contribution is 2.22. The molecule has 1 aromatic carbocycles. The minimum atomic E-state index is 0.740. The SMILES string of the molecule is COc1ccc(C2=CCn3ncnc3N2)cc1. The van der Waals surface area contributed by atoms with Gasteiger partial charge < -0.3 is 10.1 Å². The van der Waals surface area contributed by atoms with Gasteiger partial charge in [0, 0.05) is 5.70 Å². The first kappa shape index (κ1) is 9.89. The molecular weight excluding hydrogens is 216 g/mol. The lowest BCUT2D eigenvalue weighted by atomic mass is 10.1. The van der Waals surface area contributed by atoms with Gasteiger partial charge in [-0.3, -0.25) is 0 Å². The van der Waals surface area contributed by atoms with Gasteiger partial charge in [-0.1, -0.05) is 0 Å². The number of hydrogen-bond donors (Lipinski definition) is 1. The molecule has 0 radical (unpaired) electrons. The summed E-state index contributed by atoms with van der Waals surface area (Å²) in [4.78, 5) is 4.14. The van der Waals surface area contributed by atoms with Crippen molar-refractivity contribution in [2.75, 3.05) is 12.4 Å². The molecule has 2 heterocycles. The maximum atomic E-state index is 5.13. The molecular formula is C12H12N4O. The molecule has 0 saturated carbocycles.